The number of amides is 1. The van der Waals surface area contributed by atoms with Crippen molar-refractivity contribution in [1.29, 1.82) is 0 Å². The summed E-state index contributed by atoms with van der Waals surface area (Å²) in [6, 6.07) is 9.49. The molecular weight excluding hydrogens is 264 g/mol. The predicted octanol–water partition coefficient (Wildman–Crippen LogP) is 3.31. The number of carbonyl (C=O) groups excluding carboxylic acids is 1. The number of nitro groups is 1. The second-order valence-electron chi connectivity index (χ2n) is 3.64. The van der Waals surface area contributed by atoms with E-state index in [1.807, 2.05) is 17.5 Å². The quantitative estimate of drug-likeness (QED) is 0.528. The van der Waals surface area contributed by atoms with Crippen molar-refractivity contribution in [3.63, 3.8) is 0 Å². The summed E-state index contributed by atoms with van der Waals surface area (Å²) in [6.45, 7) is 0. The fraction of sp³-hybridized carbons (Fsp3) is 0. The number of benzene rings is 1. The fourth-order valence-electron chi connectivity index (χ4n) is 1.39. The first-order valence-corrected chi connectivity index (χ1v) is 6.30. The van der Waals surface area contributed by atoms with Crippen molar-refractivity contribution in [3.8, 4) is 0 Å². The van der Waals surface area contributed by atoms with Gasteiger partial charge in [-0.1, -0.05) is 6.07 Å². The SMILES string of the molecule is O=C(C=Cc1cccs1)Nc1ccc([N+](=O)[O-])cc1. The van der Waals surface area contributed by atoms with E-state index in [0.717, 1.165) is 4.88 Å². The van der Waals surface area contributed by atoms with Crippen molar-refractivity contribution < 1.29 is 9.72 Å². The number of thiophene rings is 1. The molecule has 0 bridgehead atoms. The molecule has 0 unspecified atom stereocenters. The molecule has 0 aliphatic heterocycles. The van der Waals surface area contributed by atoms with E-state index in [4.69, 9.17) is 0 Å². The molecule has 2 rings (SSSR count). The minimum absolute atomic E-state index is 0.00729. The average Bonchev–Trinajstić information content (AvgIpc) is 2.90. The third kappa shape index (κ3) is 3.75. The van der Waals surface area contributed by atoms with Crippen molar-refractivity contribution in [3.05, 3.63) is 62.8 Å². The van der Waals surface area contributed by atoms with E-state index in [2.05, 4.69) is 5.32 Å². The van der Waals surface area contributed by atoms with Gasteiger partial charge in [-0.2, -0.15) is 0 Å². The molecule has 0 aliphatic carbocycles. The number of carbonyl (C=O) groups is 1. The van der Waals surface area contributed by atoms with Gasteiger partial charge in [0.15, 0.2) is 0 Å². The number of nitrogens with zero attached hydrogens (tertiary/aromatic N) is 1. The molecule has 5 nitrogen and oxygen atoms in total. The molecule has 0 saturated heterocycles. The maximum Gasteiger partial charge on any atom is 0.269 e. The van der Waals surface area contributed by atoms with Crippen LogP contribution in [0.1, 0.15) is 4.88 Å². The van der Waals surface area contributed by atoms with Crippen molar-refractivity contribution in [2.24, 2.45) is 0 Å². The lowest BCUT2D eigenvalue weighted by atomic mass is 10.3. The van der Waals surface area contributed by atoms with Crippen molar-refractivity contribution >= 4 is 34.7 Å². The minimum Gasteiger partial charge on any atom is -0.323 e. The molecule has 0 aliphatic rings. The predicted molar refractivity (Wildman–Crippen MR) is 75.1 cm³/mol. The highest BCUT2D eigenvalue weighted by atomic mass is 32.1. The molecule has 2 aromatic rings. The Bertz CT molecular complexity index is 603. The third-order valence-electron chi connectivity index (χ3n) is 2.29. The van der Waals surface area contributed by atoms with E-state index < -0.39 is 4.92 Å². The third-order valence-corrected chi connectivity index (χ3v) is 3.13. The van der Waals surface area contributed by atoms with Crippen LogP contribution < -0.4 is 5.32 Å². The lowest BCUT2D eigenvalue weighted by Crippen LogP contribution is -2.07. The number of non-ortho nitro benzene ring substituents is 1. The van der Waals surface area contributed by atoms with Gasteiger partial charge in [0.25, 0.3) is 5.69 Å². The number of hydrogen-bond acceptors (Lipinski definition) is 4. The van der Waals surface area contributed by atoms with E-state index in [-0.39, 0.29) is 11.6 Å². The summed E-state index contributed by atoms with van der Waals surface area (Å²) >= 11 is 1.53. The summed E-state index contributed by atoms with van der Waals surface area (Å²) in [5.74, 6) is -0.276. The van der Waals surface area contributed by atoms with Crippen LogP contribution in [0.15, 0.2) is 47.9 Å². The topological polar surface area (TPSA) is 72.2 Å². The monoisotopic (exact) mass is 274 g/mol. The highest BCUT2D eigenvalue weighted by Gasteiger charge is 2.04. The van der Waals surface area contributed by atoms with E-state index in [1.165, 1.54) is 41.7 Å². The Balaban J connectivity index is 1.97. The smallest absolute Gasteiger partial charge is 0.269 e. The van der Waals surface area contributed by atoms with Gasteiger partial charge < -0.3 is 5.32 Å². The van der Waals surface area contributed by atoms with E-state index >= 15 is 0 Å². The first-order valence-electron chi connectivity index (χ1n) is 5.42. The maximum atomic E-state index is 11.6. The van der Waals surface area contributed by atoms with Gasteiger partial charge in [0.1, 0.15) is 0 Å². The van der Waals surface area contributed by atoms with Gasteiger partial charge >= 0.3 is 0 Å². The molecule has 0 spiro atoms. The zero-order chi connectivity index (χ0) is 13.7. The Morgan fingerprint density at radius 1 is 1.26 bits per heavy atom. The zero-order valence-corrected chi connectivity index (χ0v) is 10.6. The Labute approximate surface area is 113 Å². The van der Waals surface area contributed by atoms with Crippen LogP contribution in [0.3, 0.4) is 0 Å². The van der Waals surface area contributed by atoms with Crippen LogP contribution in [0.4, 0.5) is 11.4 Å². The molecule has 1 aromatic carbocycles. The van der Waals surface area contributed by atoms with Gasteiger partial charge in [0, 0.05) is 28.8 Å². The molecule has 1 heterocycles. The van der Waals surface area contributed by atoms with Gasteiger partial charge in [-0.05, 0) is 29.7 Å². The van der Waals surface area contributed by atoms with Crippen LogP contribution in [0.25, 0.3) is 6.08 Å². The maximum absolute atomic E-state index is 11.6. The van der Waals surface area contributed by atoms with Gasteiger partial charge in [-0.25, -0.2) is 0 Å². The summed E-state index contributed by atoms with van der Waals surface area (Å²) in [5, 5.41) is 15.0. The van der Waals surface area contributed by atoms with Crippen LogP contribution in [-0.2, 0) is 4.79 Å². The first kappa shape index (κ1) is 13.0. The fourth-order valence-corrected chi connectivity index (χ4v) is 2.01. The van der Waals surface area contributed by atoms with Crippen LogP contribution in [0.5, 0.6) is 0 Å². The van der Waals surface area contributed by atoms with E-state index in [0.29, 0.717) is 5.69 Å². The molecule has 0 radical (unpaired) electrons. The Hall–Kier alpha value is -2.47. The molecule has 96 valence electrons. The molecular formula is C13H10N2O3S. The Morgan fingerprint density at radius 3 is 2.58 bits per heavy atom. The Kier molecular flexibility index (Phi) is 4.04. The van der Waals surface area contributed by atoms with Crippen molar-refractivity contribution in [1.82, 2.24) is 0 Å². The standard InChI is InChI=1S/C13H10N2O3S/c16-13(8-7-12-2-1-9-19-12)14-10-3-5-11(6-4-10)15(17)18/h1-9H,(H,14,16). The molecule has 1 aromatic heterocycles. The molecule has 0 fully saturated rings. The second-order valence-corrected chi connectivity index (χ2v) is 4.62. The number of nitrogens with one attached hydrogen (secondary N) is 1. The summed E-state index contributed by atoms with van der Waals surface area (Å²) < 4.78 is 0. The summed E-state index contributed by atoms with van der Waals surface area (Å²) in [4.78, 5) is 22.6. The van der Waals surface area contributed by atoms with Gasteiger partial charge in [0.2, 0.25) is 5.91 Å². The van der Waals surface area contributed by atoms with E-state index in [9.17, 15) is 14.9 Å². The number of hydrogen-bond donors (Lipinski definition) is 1. The molecule has 0 saturated carbocycles. The lowest BCUT2D eigenvalue weighted by Gasteiger charge is -2.00. The van der Waals surface area contributed by atoms with Crippen LogP contribution >= 0.6 is 11.3 Å². The molecule has 0 atom stereocenters. The number of nitro benzene ring substituents is 1. The summed E-state index contributed by atoms with van der Waals surface area (Å²) in [6.07, 6.45) is 3.14. The van der Waals surface area contributed by atoms with Crippen LogP contribution in [0.2, 0.25) is 0 Å². The second kappa shape index (κ2) is 5.92. The van der Waals surface area contributed by atoms with Gasteiger partial charge in [-0.3, -0.25) is 14.9 Å². The van der Waals surface area contributed by atoms with Crippen LogP contribution in [-0.4, -0.2) is 10.8 Å². The number of anilines is 1. The molecule has 6 heteroatoms. The molecule has 1 amide bonds. The number of rotatable bonds is 4. The van der Waals surface area contributed by atoms with Gasteiger partial charge in [-0.15, -0.1) is 11.3 Å². The highest BCUT2D eigenvalue weighted by Crippen LogP contribution is 2.15. The van der Waals surface area contributed by atoms with Crippen LogP contribution in [0, 0.1) is 10.1 Å². The van der Waals surface area contributed by atoms with E-state index in [1.54, 1.807) is 6.08 Å². The zero-order valence-electron chi connectivity index (χ0n) is 9.78. The minimum atomic E-state index is -0.484. The normalized spacial score (nSPS) is 10.5. The average molecular weight is 274 g/mol. The molecule has 1 N–H and O–H groups in total. The highest BCUT2D eigenvalue weighted by molar-refractivity contribution is 7.10. The van der Waals surface area contributed by atoms with Crippen molar-refractivity contribution in [2.75, 3.05) is 5.32 Å². The van der Waals surface area contributed by atoms with Gasteiger partial charge in [0.05, 0.1) is 4.92 Å². The van der Waals surface area contributed by atoms with Crippen molar-refractivity contribution in [2.45, 2.75) is 0 Å². The summed E-state index contributed by atoms with van der Waals surface area (Å²) in [7, 11) is 0. The first-order chi connectivity index (χ1) is 9.15. The largest absolute Gasteiger partial charge is 0.323 e. The lowest BCUT2D eigenvalue weighted by molar-refractivity contribution is -0.384. The summed E-state index contributed by atoms with van der Waals surface area (Å²) in [5.41, 5.74) is 0.513. The Morgan fingerprint density at radius 2 is 2.00 bits per heavy atom. The molecule has 19 heavy (non-hydrogen) atoms.